The molecule has 2 N–H and O–H groups in total. The Morgan fingerprint density at radius 3 is 2.53 bits per heavy atom. The molecule has 0 aliphatic carbocycles. The lowest BCUT2D eigenvalue weighted by Crippen LogP contribution is -2.05. The summed E-state index contributed by atoms with van der Waals surface area (Å²) in [5.41, 5.74) is 5.88. The highest BCUT2D eigenvalue weighted by Crippen LogP contribution is 2.22. The van der Waals surface area contributed by atoms with E-state index in [1.165, 1.54) is 6.20 Å². The Hall–Kier alpha value is -2.04. The molecule has 0 fully saturated rings. The topological polar surface area (TPSA) is 51.8 Å². The minimum absolute atomic E-state index is 0.0724. The Morgan fingerprint density at radius 2 is 1.88 bits per heavy atom. The third-order valence-corrected chi connectivity index (χ3v) is 2.31. The quantitative estimate of drug-likeness (QED) is 0.889. The van der Waals surface area contributed by atoms with E-state index in [9.17, 15) is 8.78 Å². The van der Waals surface area contributed by atoms with E-state index >= 15 is 0 Å². The fourth-order valence-corrected chi connectivity index (χ4v) is 1.48. The smallest absolute Gasteiger partial charge is 0.282 e. The van der Waals surface area contributed by atoms with Crippen molar-refractivity contribution in [1.29, 1.82) is 0 Å². The van der Waals surface area contributed by atoms with E-state index in [2.05, 4.69) is 9.97 Å². The molecule has 0 atom stereocenters. The van der Waals surface area contributed by atoms with Crippen molar-refractivity contribution in [1.82, 2.24) is 9.97 Å². The van der Waals surface area contributed by atoms with Gasteiger partial charge in [-0.25, -0.2) is 18.7 Å². The standard InChI is InChI=1S/C12H11F2N3/c13-12(14)11-9(15)7-16-10(17-11)6-8-4-2-1-3-5-8/h1-5,7,12H,6,15H2. The zero-order valence-corrected chi connectivity index (χ0v) is 8.98. The van der Waals surface area contributed by atoms with Crippen LogP contribution in [0.1, 0.15) is 23.5 Å². The number of benzene rings is 1. The molecule has 2 rings (SSSR count). The Bertz CT molecular complexity index is 500. The maximum atomic E-state index is 12.6. The lowest BCUT2D eigenvalue weighted by molar-refractivity contribution is 0.146. The molecular weight excluding hydrogens is 224 g/mol. The molecule has 0 unspecified atom stereocenters. The van der Waals surface area contributed by atoms with Gasteiger partial charge in [-0.1, -0.05) is 30.3 Å². The maximum absolute atomic E-state index is 12.6. The molecule has 0 saturated carbocycles. The Morgan fingerprint density at radius 1 is 1.18 bits per heavy atom. The average Bonchev–Trinajstić information content (AvgIpc) is 2.32. The van der Waals surface area contributed by atoms with Crippen molar-refractivity contribution in [3.63, 3.8) is 0 Å². The van der Waals surface area contributed by atoms with E-state index in [1.807, 2.05) is 30.3 Å². The number of halogens is 2. The zero-order valence-electron chi connectivity index (χ0n) is 8.98. The second-order valence-corrected chi connectivity index (χ2v) is 3.59. The number of aromatic nitrogens is 2. The van der Waals surface area contributed by atoms with Gasteiger partial charge in [0.1, 0.15) is 11.5 Å². The van der Waals surface area contributed by atoms with E-state index in [0.29, 0.717) is 12.2 Å². The summed E-state index contributed by atoms with van der Waals surface area (Å²) in [4.78, 5) is 7.73. The van der Waals surface area contributed by atoms with Crippen molar-refractivity contribution in [2.45, 2.75) is 12.8 Å². The summed E-state index contributed by atoms with van der Waals surface area (Å²) in [6, 6.07) is 9.42. The van der Waals surface area contributed by atoms with E-state index in [4.69, 9.17) is 5.73 Å². The van der Waals surface area contributed by atoms with Gasteiger partial charge in [0.2, 0.25) is 0 Å². The molecule has 1 aromatic carbocycles. The molecule has 0 bridgehead atoms. The second-order valence-electron chi connectivity index (χ2n) is 3.59. The third kappa shape index (κ3) is 2.75. The molecule has 2 aromatic rings. The lowest BCUT2D eigenvalue weighted by atomic mass is 10.1. The molecule has 1 heterocycles. The van der Waals surface area contributed by atoms with Crippen LogP contribution in [-0.2, 0) is 6.42 Å². The molecular formula is C12H11F2N3. The summed E-state index contributed by atoms with van der Waals surface area (Å²) in [5, 5.41) is 0. The van der Waals surface area contributed by atoms with Crippen LogP contribution < -0.4 is 5.73 Å². The molecule has 0 saturated heterocycles. The first kappa shape index (κ1) is 11.4. The summed E-state index contributed by atoms with van der Waals surface area (Å²) in [6.45, 7) is 0. The molecule has 5 heteroatoms. The molecule has 88 valence electrons. The van der Waals surface area contributed by atoms with E-state index in [1.54, 1.807) is 0 Å². The summed E-state index contributed by atoms with van der Waals surface area (Å²) < 4.78 is 25.2. The van der Waals surface area contributed by atoms with Crippen LogP contribution in [0.15, 0.2) is 36.5 Å². The fraction of sp³-hybridized carbons (Fsp3) is 0.167. The van der Waals surface area contributed by atoms with E-state index in [-0.39, 0.29) is 5.69 Å². The van der Waals surface area contributed by atoms with Crippen molar-refractivity contribution in [3.05, 3.63) is 53.6 Å². The highest BCUT2D eigenvalue weighted by atomic mass is 19.3. The van der Waals surface area contributed by atoms with Crippen molar-refractivity contribution < 1.29 is 8.78 Å². The number of nitrogen functional groups attached to an aromatic ring is 1. The zero-order chi connectivity index (χ0) is 12.3. The highest BCUT2D eigenvalue weighted by Gasteiger charge is 2.14. The Kier molecular flexibility index (Phi) is 3.27. The van der Waals surface area contributed by atoms with Gasteiger partial charge >= 0.3 is 0 Å². The number of rotatable bonds is 3. The highest BCUT2D eigenvalue weighted by molar-refractivity contribution is 5.41. The molecule has 0 aliphatic rings. The average molecular weight is 235 g/mol. The van der Waals surface area contributed by atoms with Crippen molar-refractivity contribution in [2.24, 2.45) is 0 Å². The molecule has 3 nitrogen and oxygen atoms in total. The van der Waals surface area contributed by atoms with Crippen molar-refractivity contribution >= 4 is 5.69 Å². The maximum Gasteiger partial charge on any atom is 0.282 e. The number of hydrogen-bond acceptors (Lipinski definition) is 3. The van der Waals surface area contributed by atoms with Crippen LogP contribution >= 0.6 is 0 Å². The van der Waals surface area contributed by atoms with Gasteiger partial charge in [0, 0.05) is 6.42 Å². The molecule has 1 aromatic heterocycles. The molecule has 0 radical (unpaired) electrons. The first-order chi connectivity index (χ1) is 8.16. The minimum Gasteiger partial charge on any atom is -0.396 e. The number of nitrogens with two attached hydrogens (primary N) is 1. The van der Waals surface area contributed by atoms with Gasteiger partial charge in [-0.15, -0.1) is 0 Å². The van der Waals surface area contributed by atoms with Crippen LogP contribution in [0, 0.1) is 0 Å². The number of nitrogens with zero attached hydrogens (tertiary/aromatic N) is 2. The van der Waals surface area contributed by atoms with Crippen LogP contribution in [-0.4, -0.2) is 9.97 Å². The summed E-state index contributed by atoms with van der Waals surface area (Å²) in [7, 11) is 0. The first-order valence-corrected chi connectivity index (χ1v) is 5.10. The number of anilines is 1. The summed E-state index contributed by atoms with van der Waals surface area (Å²) in [6.07, 6.45) is -1.03. The Labute approximate surface area is 97.3 Å². The molecule has 0 aliphatic heterocycles. The predicted octanol–water partition coefficient (Wildman–Crippen LogP) is 2.59. The monoisotopic (exact) mass is 235 g/mol. The van der Waals surface area contributed by atoms with Crippen molar-refractivity contribution in [3.8, 4) is 0 Å². The fourth-order valence-electron chi connectivity index (χ4n) is 1.48. The lowest BCUT2D eigenvalue weighted by Gasteiger charge is -2.06. The Balaban J connectivity index is 2.26. The van der Waals surface area contributed by atoms with Crippen LogP contribution in [0.5, 0.6) is 0 Å². The van der Waals surface area contributed by atoms with Crippen LogP contribution in [0.2, 0.25) is 0 Å². The van der Waals surface area contributed by atoms with Gasteiger partial charge in [0.15, 0.2) is 0 Å². The largest absolute Gasteiger partial charge is 0.396 e. The number of alkyl halides is 2. The van der Waals surface area contributed by atoms with Crippen LogP contribution in [0.3, 0.4) is 0 Å². The SMILES string of the molecule is Nc1cnc(Cc2ccccc2)nc1C(F)F. The van der Waals surface area contributed by atoms with E-state index in [0.717, 1.165) is 5.56 Å². The summed E-state index contributed by atoms with van der Waals surface area (Å²) in [5.74, 6) is 0.348. The van der Waals surface area contributed by atoms with Gasteiger partial charge in [-0.3, -0.25) is 0 Å². The first-order valence-electron chi connectivity index (χ1n) is 5.10. The third-order valence-electron chi connectivity index (χ3n) is 2.31. The van der Waals surface area contributed by atoms with Crippen LogP contribution in [0.4, 0.5) is 14.5 Å². The van der Waals surface area contributed by atoms with Gasteiger partial charge in [-0.2, -0.15) is 0 Å². The molecule has 0 spiro atoms. The summed E-state index contributed by atoms with van der Waals surface area (Å²) >= 11 is 0. The van der Waals surface area contributed by atoms with Gasteiger partial charge in [0.25, 0.3) is 6.43 Å². The molecule has 17 heavy (non-hydrogen) atoms. The van der Waals surface area contributed by atoms with E-state index < -0.39 is 12.1 Å². The number of hydrogen-bond donors (Lipinski definition) is 1. The van der Waals surface area contributed by atoms with Gasteiger partial charge in [-0.05, 0) is 5.56 Å². The second kappa shape index (κ2) is 4.86. The van der Waals surface area contributed by atoms with Crippen LogP contribution in [0.25, 0.3) is 0 Å². The van der Waals surface area contributed by atoms with Gasteiger partial charge in [0.05, 0.1) is 11.9 Å². The molecule has 0 amide bonds. The normalized spacial score (nSPS) is 10.8. The minimum atomic E-state index is -2.67. The predicted molar refractivity (Wildman–Crippen MR) is 60.6 cm³/mol. The van der Waals surface area contributed by atoms with Crippen molar-refractivity contribution in [2.75, 3.05) is 5.73 Å². The van der Waals surface area contributed by atoms with Gasteiger partial charge < -0.3 is 5.73 Å².